The number of benzene rings is 2. The molecule has 7 nitrogen and oxygen atoms in total. The van der Waals surface area contributed by atoms with Gasteiger partial charge in [-0.1, -0.05) is 17.7 Å². The molecule has 0 heterocycles. The Balaban J connectivity index is 2.53. The molecular formula is C16H11F6N3O4S. The van der Waals surface area contributed by atoms with E-state index >= 15 is 0 Å². The number of alkyl halides is 6. The topological polar surface area (TPSA) is 102 Å². The predicted octanol–water partition coefficient (Wildman–Crippen LogP) is 4.47. The van der Waals surface area contributed by atoms with Gasteiger partial charge in [0.2, 0.25) is 0 Å². The van der Waals surface area contributed by atoms with Gasteiger partial charge in [-0.25, -0.2) is 8.42 Å². The maximum Gasteiger partial charge on any atom is 0.484 e. The molecule has 1 N–H and O–H groups in total. The maximum atomic E-state index is 12.9. The average molecular weight is 455 g/mol. The third-order valence-electron chi connectivity index (χ3n) is 3.60. The lowest BCUT2D eigenvalue weighted by atomic mass is 10.1. The van der Waals surface area contributed by atoms with Gasteiger partial charge in [-0.15, -0.1) is 0 Å². The molecule has 2 rings (SSSR count). The van der Waals surface area contributed by atoms with Crippen molar-refractivity contribution >= 4 is 20.7 Å². The highest BCUT2D eigenvalue weighted by molar-refractivity contribution is 8.05. The fraction of sp³-hybridized carbons (Fsp3) is 0.188. The van der Waals surface area contributed by atoms with Gasteiger partial charge in [-0.3, -0.25) is 0 Å². The Hall–Kier alpha value is -3.16. The van der Waals surface area contributed by atoms with Crippen LogP contribution in [0, 0.1) is 17.0 Å². The van der Waals surface area contributed by atoms with E-state index in [9.17, 15) is 44.9 Å². The molecule has 0 amide bonds. The van der Waals surface area contributed by atoms with E-state index in [1.165, 1.54) is 12.1 Å². The third kappa shape index (κ3) is 5.25. The van der Waals surface area contributed by atoms with Crippen LogP contribution in [0.5, 0.6) is 0 Å². The number of hydrogen-bond donors (Lipinski definition) is 1. The summed E-state index contributed by atoms with van der Waals surface area (Å²) in [6.45, 7) is 1.62. The molecule has 0 aliphatic rings. The molecule has 0 radical (unpaired) electrons. The highest BCUT2D eigenvalue weighted by atomic mass is 32.2. The number of anilines is 1. The van der Waals surface area contributed by atoms with E-state index in [0.717, 1.165) is 12.1 Å². The summed E-state index contributed by atoms with van der Waals surface area (Å²) in [6.07, 6.45) is -10.3. The molecule has 0 aromatic heterocycles. The second kappa shape index (κ2) is 7.93. The van der Waals surface area contributed by atoms with Crippen LogP contribution in [-0.2, 0) is 22.2 Å². The van der Waals surface area contributed by atoms with Crippen LogP contribution in [0.4, 0.5) is 32.0 Å². The van der Waals surface area contributed by atoms with Crippen molar-refractivity contribution in [3.63, 3.8) is 0 Å². The van der Waals surface area contributed by atoms with Crippen molar-refractivity contribution < 1.29 is 39.7 Å². The van der Waals surface area contributed by atoms with E-state index in [-0.39, 0.29) is 18.2 Å². The van der Waals surface area contributed by atoms with Crippen molar-refractivity contribution in [2.75, 3.05) is 5.43 Å². The van der Waals surface area contributed by atoms with Gasteiger partial charge in [-0.2, -0.15) is 31.8 Å². The molecular weight excluding hydrogens is 444 g/mol. The van der Waals surface area contributed by atoms with Crippen molar-refractivity contribution in [1.29, 1.82) is 0 Å². The van der Waals surface area contributed by atoms with E-state index < -0.39 is 54.0 Å². The van der Waals surface area contributed by atoms with Crippen LogP contribution < -0.4 is 5.43 Å². The highest BCUT2D eigenvalue weighted by Gasteiger charge is 2.38. The first-order valence-corrected chi connectivity index (χ1v) is 9.20. The van der Waals surface area contributed by atoms with Crippen LogP contribution in [-0.4, -0.2) is 18.5 Å². The van der Waals surface area contributed by atoms with E-state index in [0.29, 0.717) is 5.56 Å². The summed E-state index contributed by atoms with van der Waals surface area (Å²) in [5.74, 6) is 0. The van der Waals surface area contributed by atoms with Gasteiger partial charge in [0.25, 0.3) is 9.84 Å². The Labute approximate surface area is 165 Å². The Kier molecular flexibility index (Phi) is 6.11. The van der Waals surface area contributed by atoms with Crippen LogP contribution in [0.1, 0.15) is 16.7 Å². The van der Waals surface area contributed by atoms with Gasteiger partial charge < -0.3 is 10.1 Å². The van der Waals surface area contributed by atoms with Crippen LogP contribution in [0.3, 0.4) is 0 Å². The number of halogens is 6. The molecule has 162 valence electrons. The Morgan fingerprint density at radius 1 is 0.967 bits per heavy atom. The van der Waals surface area contributed by atoms with E-state index in [1.807, 2.05) is 0 Å². The van der Waals surface area contributed by atoms with Gasteiger partial charge in [0, 0.05) is 0 Å². The summed E-state index contributed by atoms with van der Waals surface area (Å²) in [5.41, 5.74) is -2.13. The van der Waals surface area contributed by atoms with E-state index in [4.69, 9.17) is 0 Å². The summed E-state index contributed by atoms with van der Waals surface area (Å²) >= 11 is 0. The number of hydrogen-bond acceptors (Lipinski definition) is 6. The minimum absolute atomic E-state index is 0.160. The number of rotatable bonds is 3. The normalized spacial score (nSPS) is 13.2. The molecule has 2 aromatic rings. The second-order valence-electron chi connectivity index (χ2n) is 5.87. The lowest BCUT2D eigenvalue weighted by molar-refractivity contribution is -0.344. The SMILES string of the molecule is Cc1ccc(S(=O)(=O)C(=NNc2cc(C(F)(F)F)cc(C(F)(F)F)c2)[N+](=O)[O-])cc1. The van der Waals surface area contributed by atoms with Crippen LogP contribution in [0.15, 0.2) is 52.5 Å². The molecule has 0 aliphatic heterocycles. The van der Waals surface area contributed by atoms with Gasteiger partial charge in [0.15, 0.2) is 0 Å². The number of nitrogens with one attached hydrogen (secondary N) is 1. The standard InChI is InChI=1S/C16H11F6N3O4S/c1-9-2-4-13(5-3-9)30(28,29)14(25(26)27)24-23-12-7-10(15(17,18)19)6-11(8-12)16(20,21)22/h2-8,23H,1H3. The largest absolute Gasteiger partial charge is 0.484 e. The molecule has 14 heteroatoms. The molecule has 0 fully saturated rings. The lowest BCUT2D eigenvalue weighted by Crippen LogP contribution is -2.25. The lowest BCUT2D eigenvalue weighted by Gasteiger charge is -2.13. The monoisotopic (exact) mass is 455 g/mol. The van der Waals surface area contributed by atoms with Gasteiger partial charge in [-0.05, 0) is 42.2 Å². The number of nitrogens with zero attached hydrogens (tertiary/aromatic N) is 2. The first-order valence-electron chi connectivity index (χ1n) is 7.71. The Morgan fingerprint density at radius 3 is 1.83 bits per heavy atom. The zero-order valence-corrected chi connectivity index (χ0v) is 15.6. The Bertz CT molecular complexity index is 1060. The van der Waals surface area contributed by atoms with Crippen molar-refractivity contribution in [2.45, 2.75) is 24.2 Å². The fourth-order valence-electron chi connectivity index (χ4n) is 2.15. The van der Waals surface area contributed by atoms with Crippen LogP contribution in [0.25, 0.3) is 0 Å². The summed E-state index contributed by atoms with van der Waals surface area (Å²) in [4.78, 5) is 9.19. The average Bonchev–Trinajstić information content (AvgIpc) is 2.60. The quantitative estimate of drug-likeness (QED) is 0.242. The first kappa shape index (κ1) is 23.1. The smallest absolute Gasteiger partial charge is 0.357 e. The highest BCUT2D eigenvalue weighted by Crippen LogP contribution is 2.37. The van der Waals surface area contributed by atoms with E-state index in [1.54, 1.807) is 12.3 Å². The molecule has 0 atom stereocenters. The summed E-state index contributed by atoms with van der Waals surface area (Å²) < 4.78 is 102. The van der Waals surface area contributed by atoms with Crippen molar-refractivity contribution in [3.8, 4) is 0 Å². The van der Waals surface area contributed by atoms with Crippen molar-refractivity contribution in [2.24, 2.45) is 5.10 Å². The van der Waals surface area contributed by atoms with Gasteiger partial charge in [0.05, 0.1) is 26.8 Å². The molecule has 0 bridgehead atoms. The Morgan fingerprint density at radius 2 is 1.43 bits per heavy atom. The van der Waals surface area contributed by atoms with E-state index in [2.05, 4.69) is 5.10 Å². The number of hydrazone groups is 1. The first-order chi connectivity index (χ1) is 13.6. The summed E-state index contributed by atoms with van der Waals surface area (Å²) in [7, 11) is -4.82. The van der Waals surface area contributed by atoms with Gasteiger partial charge in [0.1, 0.15) is 0 Å². The molecule has 0 saturated heterocycles. The molecule has 0 unspecified atom stereocenters. The number of amidine groups is 1. The molecule has 2 aromatic carbocycles. The van der Waals surface area contributed by atoms with Crippen molar-refractivity contribution in [1.82, 2.24) is 0 Å². The van der Waals surface area contributed by atoms with Crippen LogP contribution >= 0.6 is 0 Å². The summed E-state index contributed by atoms with van der Waals surface area (Å²) in [5, 5.41) is 12.4. The number of nitro groups is 1. The maximum absolute atomic E-state index is 12.9. The molecule has 0 aliphatic carbocycles. The second-order valence-corrected chi connectivity index (χ2v) is 7.72. The minimum atomic E-state index is -5.17. The van der Waals surface area contributed by atoms with Crippen LogP contribution in [0.2, 0.25) is 0 Å². The van der Waals surface area contributed by atoms with Gasteiger partial charge >= 0.3 is 17.5 Å². The predicted molar refractivity (Wildman–Crippen MR) is 92.9 cm³/mol. The summed E-state index contributed by atoms with van der Waals surface area (Å²) in [6, 6.07) is 4.99. The zero-order valence-electron chi connectivity index (χ0n) is 14.7. The third-order valence-corrected chi connectivity index (χ3v) is 5.21. The molecule has 0 saturated carbocycles. The fourth-order valence-corrected chi connectivity index (χ4v) is 3.22. The van der Waals surface area contributed by atoms with Crippen molar-refractivity contribution in [3.05, 3.63) is 69.3 Å². The zero-order chi connectivity index (χ0) is 22.9. The molecule has 30 heavy (non-hydrogen) atoms. The minimum Gasteiger partial charge on any atom is -0.357 e. The number of aryl methyl sites for hydroxylation is 1. The molecule has 0 spiro atoms. The number of sulfone groups is 1.